The molecule has 0 amide bonds. The van der Waals surface area contributed by atoms with Crippen LogP contribution in [0.5, 0.6) is 0 Å². The number of nitrogens with one attached hydrogen (secondary N) is 3. The van der Waals surface area contributed by atoms with E-state index < -0.39 is 0 Å². The number of nitrogens with zero attached hydrogens (tertiary/aromatic N) is 4. The Bertz CT molecular complexity index is 1750. The minimum atomic E-state index is -0.138. The van der Waals surface area contributed by atoms with Gasteiger partial charge in [0.05, 0.1) is 31.0 Å². The number of fused-ring (bicyclic) bond motifs is 1. The Morgan fingerprint density at radius 2 is 1.98 bits per heavy atom. The lowest BCUT2D eigenvalue weighted by Gasteiger charge is -2.29. The predicted molar refractivity (Wildman–Crippen MR) is 174 cm³/mol. The second kappa shape index (κ2) is 12.6. The fraction of sp³-hybridized carbons (Fsp3) is 0.364. The molecule has 2 aliphatic heterocycles. The number of rotatable bonds is 7. The molecule has 0 saturated carbocycles. The Morgan fingerprint density at radius 1 is 1.12 bits per heavy atom. The van der Waals surface area contributed by atoms with E-state index in [0.29, 0.717) is 43.0 Å². The van der Waals surface area contributed by atoms with Gasteiger partial charge < -0.3 is 25.6 Å². The Labute approximate surface area is 255 Å². The van der Waals surface area contributed by atoms with Gasteiger partial charge in [-0.2, -0.15) is 4.98 Å². The van der Waals surface area contributed by atoms with Gasteiger partial charge in [0.2, 0.25) is 5.95 Å². The smallest absolute Gasteiger partial charge is 0.268 e. The number of benzene rings is 1. The quantitative estimate of drug-likeness (QED) is 0.265. The summed E-state index contributed by atoms with van der Waals surface area (Å²) in [7, 11) is 0. The van der Waals surface area contributed by atoms with Crippen molar-refractivity contribution in [1.29, 1.82) is 0 Å². The molecule has 1 unspecified atom stereocenters. The lowest BCUT2D eigenvalue weighted by Crippen LogP contribution is -2.36. The number of aromatic nitrogens is 3. The number of pyridine rings is 1. The summed E-state index contributed by atoms with van der Waals surface area (Å²) < 4.78 is 7.33. The fourth-order valence-corrected chi connectivity index (χ4v) is 6.74. The van der Waals surface area contributed by atoms with E-state index in [4.69, 9.17) is 9.72 Å². The Balaban J connectivity index is 1.22. The number of ether oxygens (including phenoxy) is 1. The van der Waals surface area contributed by atoms with Crippen LogP contribution in [-0.2, 0) is 11.3 Å². The van der Waals surface area contributed by atoms with Gasteiger partial charge in [0, 0.05) is 53.5 Å². The van der Waals surface area contributed by atoms with Gasteiger partial charge in [-0.3, -0.25) is 9.36 Å². The van der Waals surface area contributed by atoms with Gasteiger partial charge in [0.25, 0.3) is 5.56 Å². The second-order valence-electron chi connectivity index (χ2n) is 11.2. The molecule has 220 valence electrons. The van der Waals surface area contributed by atoms with E-state index in [1.165, 1.54) is 0 Å². The highest BCUT2D eigenvalue weighted by atomic mass is 32.1. The molecule has 1 atom stereocenters. The zero-order valence-electron chi connectivity index (χ0n) is 24.1. The third-order valence-electron chi connectivity index (χ3n) is 8.17. The van der Waals surface area contributed by atoms with Crippen molar-refractivity contribution in [3.63, 3.8) is 0 Å². The van der Waals surface area contributed by atoms with Gasteiger partial charge in [-0.25, -0.2) is 4.98 Å². The van der Waals surface area contributed by atoms with Crippen LogP contribution in [0.25, 0.3) is 11.0 Å². The molecule has 4 aromatic rings. The van der Waals surface area contributed by atoms with Gasteiger partial charge in [0.1, 0.15) is 5.65 Å². The first kappa shape index (κ1) is 27.7. The zero-order valence-corrected chi connectivity index (χ0v) is 24.9. The molecule has 5 heterocycles. The summed E-state index contributed by atoms with van der Waals surface area (Å²) in [6.07, 6.45) is 8.21. The molecule has 2 saturated heterocycles. The van der Waals surface area contributed by atoms with Crippen LogP contribution < -0.4 is 26.4 Å². The van der Waals surface area contributed by atoms with Crippen LogP contribution in [0, 0.1) is 11.8 Å². The van der Waals surface area contributed by atoms with E-state index in [9.17, 15) is 4.79 Å². The van der Waals surface area contributed by atoms with Crippen molar-refractivity contribution in [2.24, 2.45) is 0 Å². The van der Waals surface area contributed by atoms with E-state index >= 15 is 0 Å². The Kier molecular flexibility index (Phi) is 8.10. The average molecular weight is 594 g/mol. The van der Waals surface area contributed by atoms with Crippen molar-refractivity contribution in [2.75, 3.05) is 54.9 Å². The number of allylic oxidation sites excluding steroid dienone is 2. The van der Waals surface area contributed by atoms with Crippen LogP contribution >= 0.6 is 11.3 Å². The maximum absolute atomic E-state index is 14.0. The first-order valence-corrected chi connectivity index (χ1v) is 15.9. The molecule has 3 aromatic heterocycles. The van der Waals surface area contributed by atoms with Crippen molar-refractivity contribution in [2.45, 2.75) is 38.3 Å². The average Bonchev–Trinajstić information content (AvgIpc) is 3.84. The second-order valence-corrected chi connectivity index (χ2v) is 12.2. The van der Waals surface area contributed by atoms with Crippen LogP contribution in [0.2, 0.25) is 0 Å². The van der Waals surface area contributed by atoms with Gasteiger partial charge in [-0.05, 0) is 79.6 Å². The SMILES string of the molecule is O=c1c(C#CC2=CCCC2)cc2cnc(Nc3ccc(NC4CCNC4)cc3)nc2n1Cc1sccc1N1CCOCC1. The van der Waals surface area contributed by atoms with Gasteiger partial charge >= 0.3 is 0 Å². The molecule has 0 bridgehead atoms. The standard InChI is InChI=1S/C33H35N7O2S/c41-32-24(6-5-23-3-1-2-4-23)19-25-20-35-33(37-27-9-7-26(8-10-27)36-28-11-13-34-21-28)38-31(25)40(32)22-30-29(12-18-43-30)39-14-16-42-17-15-39/h3,7-10,12,18-20,28,34,36H,1-2,4,11,13-17,21-22H2,(H,35,37,38). The van der Waals surface area contributed by atoms with Crippen LogP contribution in [0.4, 0.5) is 23.0 Å². The summed E-state index contributed by atoms with van der Waals surface area (Å²) in [5.41, 5.74) is 5.13. The first-order chi connectivity index (χ1) is 21.2. The predicted octanol–water partition coefficient (Wildman–Crippen LogP) is 4.72. The highest BCUT2D eigenvalue weighted by Gasteiger charge is 2.19. The maximum Gasteiger partial charge on any atom is 0.268 e. The molecule has 3 N–H and O–H groups in total. The number of hydrogen-bond acceptors (Lipinski definition) is 9. The topological polar surface area (TPSA) is 96.3 Å². The number of thiophene rings is 1. The minimum Gasteiger partial charge on any atom is -0.381 e. The maximum atomic E-state index is 14.0. The zero-order chi connectivity index (χ0) is 29.0. The van der Waals surface area contributed by atoms with Gasteiger partial charge in [-0.1, -0.05) is 17.9 Å². The van der Waals surface area contributed by atoms with Crippen LogP contribution in [-0.4, -0.2) is 60.0 Å². The van der Waals surface area contributed by atoms with Crippen molar-refractivity contribution in [3.8, 4) is 11.8 Å². The summed E-state index contributed by atoms with van der Waals surface area (Å²) in [6, 6.07) is 12.6. The molecule has 1 aromatic carbocycles. The summed E-state index contributed by atoms with van der Waals surface area (Å²) >= 11 is 1.66. The highest BCUT2D eigenvalue weighted by molar-refractivity contribution is 7.10. The molecular formula is C33H35N7O2S. The molecule has 3 aliphatic rings. The van der Waals surface area contributed by atoms with E-state index in [1.54, 1.807) is 22.1 Å². The molecule has 1 aliphatic carbocycles. The third-order valence-corrected chi connectivity index (χ3v) is 9.07. The molecule has 43 heavy (non-hydrogen) atoms. The summed E-state index contributed by atoms with van der Waals surface area (Å²) in [5, 5.41) is 13.2. The lowest BCUT2D eigenvalue weighted by molar-refractivity contribution is 0.122. The largest absolute Gasteiger partial charge is 0.381 e. The third kappa shape index (κ3) is 6.30. The summed E-state index contributed by atoms with van der Waals surface area (Å²) in [4.78, 5) is 26.9. The fourth-order valence-electron chi connectivity index (χ4n) is 5.86. The number of morpholine rings is 1. The van der Waals surface area contributed by atoms with Crippen molar-refractivity contribution < 1.29 is 4.74 Å². The molecule has 0 radical (unpaired) electrons. The molecule has 7 rings (SSSR count). The van der Waals surface area contributed by atoms with Crippen molar-refractivity contribution in [3.05, 3.63) is 80.4 Å². The number of anilines is 4. The van der Waals surface area contributed by atoms with E-state index in [2.05, 4.69) is 67.3 Å². The van der Waals surface area contributed by atoms with Crippen LogP contribution in [0.3, 0.4) is 0 Å². The van der Waals surface area contributed by atoms with E-state index in [-0.39, 0.29) is 5.56 Å². The number of hydrogen-bond donors (Lipinski definition) is 3. The summed E-state index contributed by atoms with van der Waals surface area (Å²) in [6.45, 7) is 5.52. The van der Waals surface area contributed by atoms with Gasteiger partial charge in [0.15, 0.2) is 0 Å². The molecular weight excluding hydrogens is 558 g/mol. The van der Waals surface area contributed by atoms with Crippen LogP contribution in [0.1, 0.15) is 36.1 Å². The van der Waals surface area contributed by atoms with E-state index in [1.807, 2.05) is 18.2 Å². The van der Waals surface area contributed by atoms with Crippen molar-refractivity contribution >= 4 is 45.4 Å². The Hall–Kier alpha value is -4.17. The summed E-state index contributed by atoms with van der Waals surface area (Å²) in [5.74, 6) is 6.85. The molecule has 0 spiro atoms. The van der Waals surface area contributed by atoms with Crippen LogP contribution in [0.15, 0.2) is 64.4 Å². The molecule has 2 fully saturated rings. The Morgan fingerprint density at radius 3 is 2.77 bits per heavy atom. The minimum absolute atomic E-state index is 0.138. The monoisotopic (exact) mass is 593 g/mol. The first-order valence-electron chi connectivity index (χ1n) is 15.0. The lowest BCUT2D eigenvalue weighted by atomic mass is 10.2. The highest BCUT2D eigenvalue weighted by Crippen LogP contribution is 2.29. The van der Waals surface area contributed by atoms with E-state index in [0.717, 1.165) is 84.8 Å². The molecule has 10 heteroatoms. The van der Waals surface area contributed by atoms with Gasteiger partial charge in [-0.15, -0.1) is 11.3 Å². The van der Waals surface area contributed by atoms with Crippen molar-refractivity contribution in [1.82, 2.24) is 19.9 Å². The normalized spacial score (nSPS) is 18.4. The molecule has 9 nitrogen and oxygen atoms in total.